The zero-order valence-electron chi connectivity index (χ0n) is 14.0. The Balaban J connectivity index is 2.03. The van der Waals surface area contributed by atoms with Crippen molar-refractivity contribution in [3.63, 3.8) is 0 Å². The summed E-state index contributed by atoms with van der Waals surface area (Å²) in [4.78, 5) is 11.8. The molecule has 2 aromatic rings. The minimum Gasteiger partial charge on any atom is -0.369 e. The molecule has 26 heavy (non-hydrogen) atoms. The highest BCUT2D eigenvalue weighted by molar-refractivity contribution is 7.92. The van der Waals surface area contributed by atoms with Crippen molar-refractivity contribution in [3.8, 4) is 0 Å². The molecule has 0 spiro atoms. The molecule has 2 aromatic carbocycles. The Morgan fingerprint density at radius 3 is 2.58 bits per heavy atom. The summed E-state index contributed by atoms with van der Waals surface area (Å²) < 4.78 is 27.7. The SMILES string of the molecule is C[C@@H]1C[C@@H](C(N)=O)c2ccccc2N1S(=O)(=O)Cc1ccc(Cl)cc1Cl. The number of amides is 1. The Morgan fingerprint density at radius 1 is 1.23 bits per heavy atom. The van der Waals surface area contributed by atoms with Crippen LogP contribution in [-0.4, -0.2) is 20.4 Å². The van der Waals surface area contributed by atoms with Gasteiger partial charge in [-0.2, -0.15) is 0 Å². The molecule has 0 aliphatic carbocycles. The third-order valence-electron chi connectivity index (χ3n) is 4.52. The number of para-hydroxylation sites is 1. The van der Waals surface area contributed by atoms with Gasteiger partial charge in [0.1, 0.15) is 0 Å². The molecule has 0 bridgehead atoms. The molecular weight excluding hydrogens is 395 g/mol. The molecular formula is C18H18Cl2N2O3S. The predicted molar refractivity (Wildman–Crippen MR) is 104 cm³/mol. The van der Waals surface area contributed by atoms with Crippen LogP contribution in [0.5, 0.6) is 0 Å². The van der Waals surface area contributed by atoms with Crippen LogP contribution in [0.3, 0.4) is 0 Å². The number of halogens is 2. The van der Waals surface area contributed by atoms with Crippen molar-refractivity contribution in [1.29, 1.82) is 0 Å². The van der Waals surface area contributed by atoms with E-state index in [1.165, 1.54) is 10.4 Å². The fourth-order valence-corrected chi connectivity index (χ4v) is 5.82. The van der Waals surface area contributed by atoms with Crippen LogP contribution in [0.4, 0.5) is 5.69 Å². The number of carbonyl (C=O) groups excluding carboxylic acids is 1. The minimum atomic E-state index is -3.73. The number of primary amides is 1. The van der Waals surface area contributed by atoms with Crippen molar-refractivity contribution in [1.82, 2.24) is 0 Å². The van der Waals surface area contributed by atoms with E-state index in [2.05, 4.69) is 0 Å². The van der Waals surface area contributed by atoms with Crippen LogP contribution in [0.1, 0.15) is 30.4 Å². The fourth-order valence-electron chi connectivity index (χ4n) is 3.38. The molecule has 0 radical (unpaired) electrons. The number of fused-ring (bicyclic) bond motifs is 1. The molecule has 1 amide bonds. The van der Waals surface area contributed by atoms with Gasteiger partial charge in [-0.1, -0.05) is 47.5 Å². The molecule has 0 aromatic heterocycles. The summed E-state index contributed by atoms with van der Waals surface area (Å²) in [7, 11) is -3.73. The quantitative estimate of drug-likeness (QED) is 0.830. The van der Waals surface area contributed by atoms with E-state index in [0.29, 0.717) is 33.3 Å². The van der Waals surface area contributed by atoms with E-state index in [1.54, 1.807) is 43.3 Å². The maximum absolute atomic E-state index is 13.2. The molecule has 0 saturated heterocycles. The molecule has 2 atom stereocenters. The molecule has 138 valence electrons. The number of rotatable bonds is 4. The first-order chi connectivity index (χ1) is 12.2. The summed E-state index contributed by atoms with van der Waals surface area (Å²) in [5.41, 5.74) is 7.10. The lowest BCUT2D eigenvalue weighted by atomic mass is 9.87. The number of carbonyl (C=O) groups is 1. The van der Waals surface area contributed by atoms with Gasteiger partial charge in [0.2, 0.25) is 15.9 Å². The molecule has 1 aliphatic heterocycles. The lowest BCUT2D eigenvalue weighted by molar-refractivity contribution is -0.119. The van der Waals surface area contributed by atoms with Crippen molar-refractivity contribution in [3.05, 3.63) is 63.6 Å². The van der Waals surface area contributed by atoms with Crippen LogP contribution >= 0.6 is 23.2 Å². The van der Waals surface area contributed by atoms with Crippen LogP contribution < -0.4 is 10.0 Å². The fraction of sp³-hybridized carbons (Fsp3) is 0.278. The molecule has 2 N–H and O–H groups in total. The topological polar surface area (TPSA) is 80.5 Å². The van der Waals surface area contributed by atoms with Gasteiger partial charge >= 0.3 is 0 Å². The van der Waals surface area contributed by atoms with E-state index in [4.69, 9.17) is 28.9 Å². The van der Waals surface area contributed by atoms with Crippen molar-refractivity contribution >= 4 is 44.8 Å². The smallest absolute Gasteiger partial charge is 0.239 e. The second kappa shape index (κ2) is 7.10. The lowest BCUT2D eigenvalue weighted by Gasteiger charge is -2.39. The standard InChI is InChI=1S/C18H18Cl2N2O3S/c1-11-8-15(18(21)23)14-4-2-3-5-17(14)22(11)26(24,25)10-12-6-7-13(19)9-16(12)20/h2-7,9,11,15H,8,10H2,1H3,(H2,21,23)/t11-,15-/m1/s1. The van der Waals surface area contributed by atoms with E-state index in [9.17, 15) is 13.2 Å². The van der Waals surface area contributed by atoms with E-state index < -0.39 is 27.9 Å². The lowest BCUT2D eigenvalue weighted by Crippen LogP contribution is -2.45. The highest BCUT2D eigenvalue weighted by atomic mass is 35.5. The summed E-state index contributed by atoms with van der Waals surface area (Å²) in [6, 6.07) is 11.3. The van der Waals surface area contributed by atoms with Gasteiger partial charge in [0.15, 0.2) is 0 Å². The van der Waals surface area contributed by atoms with Crippen LogP contribution in [0.15, 0.2) is 42.5 Å². The van der Waals surface area contributed by atoms with E-state index in [1.807, 2.05) is 0 Å². The first-order valence-electron chi connectivity index (χ1n) is 8.05. The van der Waals surface area contributed by atoms with Gasteiger partial charge in [0.05, 0.1) is 17.4 Å². The first-order valence-corrected chi connectivity index (χ1v) is 10.4. The minimum absolute atomic E-state index is 0.261. The average molecular weight is 413 g/mol. The van der Waals surface area contributed by atoms with Gasteiger partial charge in [-0.25, -0.2) is 8.42 Å². The predicted octanol–water partition coefficient (Wildman–Crippen LogP) is 3.69. The van der Waals surface area contributed by atoms with Crippen molar-refractivity contribution in [2.24, 2.45) is 5.73 Å². The monoisotopic (exact) mass is 412 g/mol. The van der Waals surface area contributed by atoms with Crippen LogP contribution in [0, 0.1) is 0 Å². The number of nitrogens with two attached hydrogens (primary N) is 1. The first kappa shape index (κ1) is 19.0. The molecule has 3 rings (SSSR count). The highest BCUT2D eigenvalue weighted by Crippen LogP contribution is 2.40. The van der Waals surface area contributed by atoms with Gasteiger partial charge in [0, 0.05) is 16.1 Å². The normalized spacial score (nSPS) is 19.9. The summed E-state index contributed by atoms with van der Waals surface area (Å²) in [6.45, 7) is 1.77. The number of nitrogens with zero attached hydrogens (tertiary/aromatic N) is 1. The molecule has 1 aliphatic rings. The number of hydrogen-bond donors (Lipinski definition) is 1. The number of hydrogen-bond acceptors (Lipinski definition) is 3. The number of benzene rings is 2. The Kier molecular flexibility index (Phi) is 5.19. The van der Waals surface area contributed by atoms with Crippen molar-refractivity contribution < 1.29 is 13.2 Å². The highest BCUT2D eigenvalue weighted by Gasteiger charge is 2.38. The third-order valence-corrected chi connectivity index (χ3v) is 6.94. The molecule has 8 heteroatoms. The molecule has 0 fully saturated rings. The molecule has 1 heterocycles. The summed E-state index contributed by atoms with van der Waals surface area (Å²) in [5, 5.41) is 0.742. The molecule has 0 saturated carbocycles. The van der Waals surface area contributed by atoms with Crippen LogP contribution in [0.2, 0.25) is 10.0 Å². The number of anilines is 1. The summed E-state index contributed by atoms with van der Waals surface area (Å²) in [5.74, 6) is -1.23. The third kappa shape index (κ3) is 3.54. The van der Waals surface area contributed by atoms with E-state index >= 15 is 0 Å². The Labute approximate surface area is 162 Å². The molecule has 5 nitrogen and oxygen atoms in total. The summed E-state index contributed by atoms with van der Waals surface area (Å²) >= 11 is 12.0. The van der Waals surface area contributed by atoms with Gasteiger partial charge in [0.25, 0.3) is 0 Å². The zero-order chi connectivity index (χ0) is 19.1. The summed E-state index contributed by atoms with van der Waals surface area (Å²) in [6.07, 6.45) is 0.333. The Bertz CT molecular complexity index is 963. The van der Waals surface area contributed by atoms with Crippen molar-refractivity contribution in [2.45, 2.75) is 31.1 Å². The van der Waals surface area contributed by atoms with Gasteiger partial charge < -0.3 is 5.73 Å². The maximum atomic E-state index is 13.2. The van der Waals surface area contributed by atoms with Gasteiger partial charge in [-0.15, -0.1) is 0 Å². The molecule has 0 unspecified atom stereocenters. The number of sulfonamides is 1. The largest absolute Gasteiger partial charge is 0.369 e. The van der Waals surface area contributed by atoms with Crippen molar-refractivity contribution in [2.75, 3.05) is 4.31 Å². The van der Waals surface area contributed by atoms with E-state index in [-0.39, 0.29) is 5.75 Å². The van der Waals surface area contributed by atoms with E-state index in [0.717, 1.165) is 0 Å². The van der Waals surface area contributed by atoms with Crippen LogP contribution in [-0.2, 0) is 20.6 Å². The maximum Gasteiger partial charge on any atom is 0.239 e. The second-order valence-corrected chi connectivity index (χ2v) is 9.08. The average Bonchev–Trinajstić information content (AvgIpc) is 2.56. The zero-order valence-corrected chi connectivity index (χ0v) is 16.4. The van der Waals surface area contributed by atoms with Gasteiger partial charge in [-0.05, 0) is 42.7 Å². The van der Waals surface area contributed by atoms with Gasteiger partial charge in [-0.3, -0.25) is 9.10 Å². The Morgan fingerprint density at radius 2 is 1.92 bits per heavy atom. The second-order valence-electron chi connectivity index (χ2n) is 6.39. The van der Waals surface area contributed by atoms with Crippen LogP contribution in [0.25, 0.3) is 0 Å². The Hall–Kier alpha value is -1.76.